The molecule has 1 fully saturated rings. The first kappa shape index (κ1) is 13.5. The fourth-order valence-electron chi connectivity index (χ4n) is 2.55. The maximum Gasteiger partial charge on any atom is 0.150 e. The predicted octanol–water partition coefficient (Wildman–Crippen LogP) is 1.05. The molecule has 2 heterocycles. The first-order chi connectivity index (χ1) is 10.0. The Labute approximate surface area is 118 Å². The van der Waals surface area contributed by atoms with Gasteiger partial charge < -0.3 is 10.0 Å². The first-order valence-electron chi connectivity index (χ1n) is 6.26. The molecule has 0 amide bonds. The van der Waals surface area contributed by atoms with E-state index in [0.29, 0.717) is 5.69 Å². The van der Waals surface area contributed by atoms with Crippen molar-refractivity contribution in [3.05, 3.63) is 41.2 Å². The third-order valence-electron chi connectivity index (χ3n) is 3.60. The predicted molar refractivity (Wildman–Crippen MR) is 68.2 cm³/mol. The second-order valence-corrected chi connectivity index (χ2v) is 4.96. The second kappa shape index (κ2) is 4.79. The molecule has 2 aromatic rings. The lowest BCUT2D eigenvalue weighted by molar-refractivity contribution is 0.0559. The van der Waals surface area contributed by atoms with E-state index in [2.05, 4.69) is 15.4 Å². The fraction of sp³-hybridized carbons (Fsp3) is 0.308. The van der Waals surface area contributed by atoms with Crippen molar-refractivity contribution in [1.29, 1.82) is 5.26 Å². The Kier molecular flexibility index (Phi) is 3.07. The monoisotopic (exact) mass is 291 g/mol. The van der Waals surface area contributed by atoms with E-state index in [-0.39, 0.29) is 30.8 Å². The molecular weight excluding hydrogens is 280 g/mol. The molecule has 6 nitrogen and oxygen atoms in total. The lowest BCUT2D eigenvalue weighted by Gasteiger charge is -2.23. The highest BCUT2D eigenvalue weighted by Gasteiger charge is 2.41. The van der Waals surface area contributed by atoms with E-state index in [1.165, 1.54) is 11.1 Å². The molecule has 2 N–H and O–H groups in total. The minimum absolute atomic E-state index is 0.000721. The zero-order chi connectivity index (χ0) is 15.0. The van der Waals surface area contributed by atoms with Crippen molar-refractivity contribution in [1.82, 2.24) is 15.4 Å². The van der Waals surface area contributed by atoms with E-state index in [1.807, 2.05) is 0 Å². The SMILES string of the molecule is N#Cc1cc(F)c(N2CCC(O)(c3cn[nH]n3)C2)c(F)c1. The molecule has 0 aliphatic carbocycles. The largest absolute Gasteiger partial charge is 0.381 e. The van der Waals surface area contributed by atoms with E-state index in [4.69, 9.17) is 5.26 Å². The van der Waals surface area contributed by atoms with Gasteiger partial charge >= 0.3 is 0 Å². The van der Waals surface area contributed by atoms with Crippen molar-refractivity contribution in [2.75, 3.05) is 18.0 Å². The molecule has 0 bridgehead atoms. The van der Waals surface area contributed by atoms with Gasteiger partial charge in [-0.3, -0.25) is 0 Å². The molecule has 1 unspecified atom stereocenters. The molecule has 1 atom stereocenters. The Hall–Kier alpha value is -2.53. The standard InChI is InChI=1S/C13H11F2N5O/c14-9-3-8(5-16)4-10(15)12(9)20-2-1-13(21,7-20)11-6-17-19-18-11/h3-4,6,21H,1-2,7H2,(H,17,18,19). The molecule has 0 spiro atoms. The van der Waals surface area contributed by atoms with Gasteiger partial charge in [-0.1, -0.05) is 0 Å². The summed E-state index contributed by atoms with van der Waals surface area (Å²) in [6, 6.07) is 3.65. The van der Waals surface area contributed by atoms with Gasteiger partial charge in [-0.05, 0) is 12.1 Å². The third kappa shape index (κ3) is 2.21. The Morgan fingerprint density at radius 2 is 2.10 bits per heavy atom. The average Bonchev–Trinajstić information content (AvgIpc) is 3.08. The van der Waals surface area contributed by atoms with Gasteiger partial charge in [0, 0.05) is 13.0 Å². The van der Waals surface area contributed by atoms with E-state index >= 15 is 0 Å². The number of aromatic nitrogens is 3. The van der Waals surface area contributed by atoms with Crippen molar-refractivity contribution in [2.45, 2.75) is 12.0 Å². The zero-order valence-corrected chi connectivity index (χ0v) is 10.8. The highest BCUT2D eigenvalue weighted by atomic mass is 19.1. The summed E-state index contributed by atoms with van der Waals surface area (Å²) in [5.41, 5.74) is -1.30. The van der Waals surface area contributed by atoms with Crippen LogP contribution in [-0.2, 0) is 5.60 Å². The molecule has 108 valence electrons. The van der Waals surface area contributed by atoms with Crippen molar-refractivity contribution in [3.8, 4) is 6.07 Å². The summed E-state index contributed by atoms with van der Waals surface area (Å²) in [5.74, 6) is -1.65. The van der Waals surface area contributed by atoms with Gasteiger partial charge in [0.15, 0.2) is 11.6 Å². The van der Waals surface area contributed by atoms with Crippen LogP contribution in [0.2, 0.25) is 0 Å². The van der Waals surface area contributed by atoms with Gasteiger partial charge in [0.2, 0.25) is 0 Å². The highest BCUT2D eigenvalue weighted by molar-refractivity contribution is 5.54. The quantitative estimate of drug-likeness (QED) is 0.863. The molecule has 1 aromatic heterocycles. The molecule has 3 rings (SSSR count). The van der Waals surface area contributed by atoms with Crippen LogP contribution in [0.25, 0.3) is 0 Å². The maximum absolute atomic E-state index is 14.0. The minimum Gasteiger partial charge on any atom is -0.381 e. The number of nitrogens with zero attached hydrogens (tertiary/aromatic N) is 4. The van der Waals surface area contributed by atoms with Gasteiger partial charge in [0.1, 0.15) is 17.0 Å². The molecule has 0 saturated carbocycles. The molecule has 1 aliphatic heterocycles. The molecule has 8 heteroatoms. The van der Waals surface area contributed by atoms with Crippen LogP contribution in [0.5, 0.6) is 0 Å². The number of halogens is 2. The summed E-state index contributed by atoms with van der Waals surface area (Å²) in [6.45, 7) is 0.266. The summed E-state index contributed by atoms with van der Waals surface area (Å²) in [4.78, 5) is 1.40. The molecular formula is C13H11F2N5O. The summed E-state index contributed by atoms with van der Waals surface area (Å²) in [7, 11) is 0. The number of H-pyrrole nitrogens is 1. The van der Waals surface area contributed by atoms with Crippen LogP contribution in [-0.4, -0.2) is 33.6 Å². The van der Waals surface area contributed by atoms with E-state index in [1.54, 1.807) is 6.07 Å². The van der Waals surface area contributed by atoms with Crippen LogP contribution in [0.15, 0.2) is 18.3 Å². The summed E-state index contributed by atoms with van der Waals surface area (Å²) in [5, 5.41) is 29.1. The van der Waals surface area contributed by atoms with E-state index in [9.17, 15) is 13.9 Å². The number of benzene rings is 1. The number of nitrogens with one attached hydrogen (secondary N) is 1. The average molecular weight is 291 g/mol. The Morgan fingerprint density at radius 3 is 2.67 bits per heavy atom. The lowest BCUT2D eigenvalue weighted by atomic mass is 10.00. The van der Waals surface area contributed by atoms with Gasteiger partial charge in [0.25, 0.3) is 0 Å². The summed E-state index contributed by atoms with van der Waals surface area (Å²) in [6.07, 6.45) is 1.66. The van der Waals surface area contributed by atoms with Gasteiger partial charge in [0.05, 0.1) is 24.4 Å². The minimum atomic E-state index is -1.31. The number of aliphatic hydroxyl groups is 1. The lowest BCUT2D eigenvalue weighted by Crippen LogP contribution is -2.32. The maximum atomic E-state index is 14.0. The van der Waals surface area contributed by atoms with Gasteiger partial charge in [-0.25, -0.2) is 8.78 Å². The van der Waals surface area contributed by atoms with Crippen LogP contribution in [0.3, 0.4) is 0 Å². The molecule has 0 radical (unpaired) electrons. The number of rotatable bonds is 2. The number of nitriles is 1. The smallest absolute Gasteiger partial charge is 0.150 e. The summed E-state index contributed by atoms with van der Waals surface area (Å²) >= 11 is 0. The van der Waals surface area contributed by atoms with Crippen LogP contribution >= 0.6 is 0 Å². The topological polar surface area (TPSA) is 88.8 Å². The number of aromatic amines is 1. The molecule has 1 saturated heterocycles. The van der Waals surface area contributed by atoms with Crippen LogP contribution in [0.4, 0.5) is 14.5 Å². The Bertz CT molecular complexity index is 689. The van der Waals surface area contributed by atoms with Crippen molar-refractivity contribution >= 4 is 5.69 Å². The third-order valence-corrected chi connectivity index (χ3v) is 3.60. The number of hydrogen-bond acceptors (Lipinski definition) is 5. The van der Waals surface area contributed by atoms with Gasteiger partial charge in [-0.2, -0.15) is 20.7 Å². The molecule has 1 aliphatic rings. The van der Waals surface area contributed by atoms with Gasteiger partial charge in [-0.15, -0.1) is 0 Å². The Balaban J connectivity index is 1.92. The van der Waals surface area contributed by atoms with Crippen LogP contribution in [0.1, 0.15) is 17.7 Å². The normalized spacial score (nSPS) is 21.5. The Morgan fingerprint density at radius 1 is 1.38 bits per heavy atom. The summed E-state index contributed by atoms with van der Waals surface area (Å²) < 4.78 is 28.0. The number of anilines is 1. The van der Waals surface area contributed by atoms with Crippen molar-refractivity contribution in [3.63, 3.8) is 0 Å². The van der Waals surface area contributed by atoms with E-state index in [0.717, 1.165) is 12.1 Å². The second-order valence-electron chi connectivity index (χ2n) is 4.96. The van der Waals surface area contributed by atoms with Crippen LogP contribution in [0, 0.1) is 23.0 Å². The molecule has 1 aromatic carbocycles. The zero-order valence-electron chi connectivity index (χ0n) is 10.8. The number of hydrogen-bond donors (Lipinski definition) is 2. The number of β-amino-alcohol motifs (C(OH)–C–C–N with tert-alkyl or cyclic N) is 1. The molecule has 21 heavy (non-hydrogen) atoms. The van der Waals surface area contributed by atoms with Crippen LogP contribution < -0.4 is 4.90 Å². The fourth-order valence-corrected chi connectivity index (χ4v) is 2.55. The van der Waals surface area contributed by atoms with E-state index < -0.39 is 17.2 Å². The first-order valence-corrected chi connectivity index (χ1v) is 6.26. The van der Waals surface area contributed by atoms with Crippen molar-refractivity contribution in [2.24, 2.45) is 0 Å². The van der Waals surface area contributed by atoms with Crippen molar-refractivity contribution < 1.29 is 13.9 Å². The highest BCUT2D eigenvalue weighted by Crippen LogP contribution is 2.35.